The first-order valence-corrected chi connectivity index (χ1v) is 7.99. The molecule has 1 amide bonds. The van der Waals surface area contributed by atoms with Crippen molar-refractivity contribution in [2.24, 2.45) is 0 Å². The highest BCUT2D eigenvalue weighted by Crippen LogP contribution is 2.30. The Balaban J connectivity index is 1.76. The number of aromatic nitrogens is 2. The molecule has 1 heterocycles. The molecule has 3 rings (SSSR count). The van der Waals surface area contributed by atoms with Gasteiger partial charge in [0.05, 0.1) is 28.1 Å². The average Bonchev–Trinajstić information content (AvgIpc) is 2.62. The zero-order valence-corrected chi connectivity index (χ0v) is 14.4. The summed E-state index contributed by atoms with van der Waals surface area (Å²) in [6.45, 7) is 0. The molecular formula is C17H10Cl2F2N4O. The lowest BCUT2D eigenvalue weighted by molar-refractivity contribution is 0.102. The molecule has 2 N–H and O–H groups in total. The van der Waals surface area contributed by atoms with Crippen LogP contribution in [-0.4, -0.2) is 15.9 Å². The molecule has 0 aliphatic rings. The number of amides is 1. The maximum atomic E-state index is 13.6. The Kier molecular flexibility index (Phi) is 5.29. The second-order valence-electron chi connectivity index (χ2n) is 5.06. The van der Waals surface area contributed by atoms with E-state index in [2.05, 4.69) is 20.6 Å². The number of benzene rings is 2. The van der Waals surface area contributed by atoms with Gasteiger partial charge in [-0.25, -0.2) is 18.7 Å². The molecule has 3 aromatic rings. The smallest absolute Gasteiger partial charge is 0.275 e. The van der Waals surface area contributed by atoms with Gasteiger partial charge in [-0.05, 0) is 24.3 Å². The second-order valence-corrected chi connectivity index (χ2v) is 5.87. The largest absolute Gasteiger partial charge is 0.334 e. The molecule has 2 aromatic carbocycles. The topological polar surface area (TPSA) is 66.9 Å². The fourth-order valence-corrected chi connectivity index (χ4v) is 2.54. The van der Waals surface area contributed by atoms with Crippen LogP contribution in [0.5, 0.6) is 0 Å². The van der Waals surface area contributed by atoms with Crippen molar-refractivity contribution in [3.8, 4) is 0 Å². The standard InChI is InChI=1S/C17H10Cl2F2N4O/c18-9-3-1-4-10(19)15(9)25-17(26)13-7-23-14(8-22-13)24-16-11(20)5-2-6-12(16)21/h1-8H,(H,23,24)(H,25,26). The lowest BCUT2D eigenvalue weighted by Crippen LogP contribution is -2.15. The number of carbonyl (C=O) groups is 1. The third-order valence-corrected chi connectivity index (χ3v) is 3.93. The number of nitrogens with zero attached hydrogens (tertiary/aromatic N) is 2. The average molecular weight is 395 g/mol. The highest BCUT2D eigenvalue weighted by Gasteiger charge is 2.14. The van der Waals surface area contributed by atoms with E-state index >= 15 is 0 Å². The van der Waals surface area contributed by atoms with E-state index < -0.39 is 17.5 Å². The normalized spacial score (nSPS) is 10.5. The van der Waals surface area contributed by atoms with Crippen molar-refractivity contribution in [2.75, 3.05) is 10.6 Å². The lowest BCUT2D eigenvalue weighted by atomic mass is 10.3. The van der Waals surface area contributed by atoms with E-state index in [1.54, 1.807) is 18.2 Å². The Labute approximate surface area is 157 Å². The van der Waals surface area contributed by atoms with E-state index in [0.29, 0.717) is 0 Å². The Bertz CT molecular complexity index is 927. The van der Waals surface area contributed by atoms with Gasteiger partial charge in [0, 0.05) is 0 Å². The van der Waals surface area contributed by atoms with Crippen LogP contribution >= 0.6 is 23.2 Å². The summed E-state index contributed by atoms with van der Waals surface area (Å²) in [6, 6.07) is 8.24. The molecule has 0 aliphatic heterocycles. The Morgan fingerprint density at radius 1 is 0.885 bits per heavy atom. The molecule has 0 fully saturated rings. The molecule has 9 heteroatoms. The van der Waals surface area contributed by atoms with Crippen LogP contribution in [0.1, 0.15) is 10.5 Å². The maximum absolute atomic E-state index is 13.6. The molecular weight excluding hydrogens is 385 g/mol. The van der Waals surface area contributed by atoms with Gasteiger partial charge in [0.2, 0.25) is 0 Å². The number of para-hydroxylation sites is 2. The van der Waals surface area contributed by atoms with Crippen LogP contribution in [0.2, 0.25) is 10.0 Å². The number of rotatable bonds is 4. The Morgan fingerprint density at radius 2 is 1.50 bits per heavy atom. The summed E-state index contributed by atoms with van der Waals surface area (Å²) < 4.78 is 27.2. The van der Waals surface area contributed by atoms with E-state index in [1.807, 2.05) is 0 Å². The van der Waals surface area contributed by atoms with Crippen LogP contribution in [0.25, 0.3) is 0 Å². The van der Waals surface area contributed by atoms with Crippen LogP contribution in [-0.2, 0) is 0 Å². The number of carbonyl (C=O) groups excluding carboxylic acids is 1. The molecule has 0 bridgehead atoms. The number of nitrogens with one attached hydrogen (secondary N) is 2. The van der Waals surface area contributed by atoms with E-state index in [4.69, 9.17) is 23.2 Å². The van der Waals surface area contributed by atoms with Crippen molar-refractivity contribution < 1.29 is 13.6 Å². The summed E-state index contributed by atoms with van der Waals surface area (Å²) >= 11 is 12.0. The van der Waals surface area contributed by atoms with Gasteiger partial charge >= 0.3 is 0 Å². The van der Waals surface area contributed by atoms with Gasteiger partial charge in [-0.1, -0.05) is 35.3 Å². The summed E-state index contributed by atoms with van der Waals surface area (Å²) in [5.41, 5.74) is -0.138. The van der Waals surface area contributed by atoms with E-state index in [1.165, 1.54) is 12.3 Å². The van der Waals surface area contributed by atoms with E-state index in [-0.39, 0.29) is 32.9 Å². The van der Waals surface area contributed by atoms with E-state index in [0.717, 1.165) is 18.3 Å². The fourth-order valence-electron chi connectivity index (χ4n) is 2.05. The molecule has 132 valence electrons. The predicted molar refractivity (Wildman–Crippen MR) is 96.1 cm³/mol. The van der Waals surface area contributed by atoms with Gasteiger partial charge in [-0.3, -0.25) is 4.79 Å². The van der Waals surface area contributed by atoms with Crippen molar-refractivity contribution in [1.29, 1.82) is 0 Å². The molecule has 0 unspecified atom stereocenters. The SMILES string of the molecule is O=C(Nc1c(Cl)cccc1Cl)c1cnc(Nc2c(F)cccc2F)cn1. The van der Waals surface area contributed by atoms with Crippen LogP contribution in [0.15, 0.2) is 48.8 Å². The van der Waals surface area contributed by atoms with Crippen LogP contribution < -0.4 is 10.6 Å². The third kappa shape index (κ3) is 3.89. The molecule has 0 saturated heterocycles. The Hall–Kier alpha value is -2.77. The number of hydrogen-bond acceptors (Lipinski definition) is 4. The third-order valence-electron chi connectivity index (χ3n) is 3.30. The first kappa shape index (κ1) is 18.0. The number of halogens is 4. The minimum atomic E-state index is -0.776. The van der Waals surface area contributed by atoms with Crippen molar-refractivity contribution in [1.82, 2.24) is 9.97 Å². The van der Waals surface area contributed by atoms with Crippen molar-refractivity contribution in [3.05, 3.63) is 76.2 Å². The Morgan fingerprint density at radius 3 is 2.08 bits per heavy atom. The first-order chi connectivity index (χ1) is 12.5. The van der Waals surface area contributed by atoms with Gasteiger partial charge in [0.25, 0.3) is 5.91 Å². The van der Waals surface area contributed by atoms with Crippen LogP contribution in [0.3, 0.4) is 0 Å². The summed E-state index contributed by atoms with van der Waals surface area (Å²) in [5.74, 6) is -2.07. The van der Waals surface area contributed by atoms with Crippen molar-refractivity contribution in [2.45, 2.75) is 0 Å². The highest BCUT2D eigenvalue weighted by molar-refractivity contribution is 6.39. The van der Waals surface area contributed by atoms with Crippen molar-refractivity contribution >= 4 is 46.3 Å². The van der Waals surface area contributed by atoms with E-state index in [9.17, 15) is 13.6 Å². The molecule has 0 saturated carbocycles. The van der Waals surface area contributed by atoms with Crippen LogP contribution in [0.4, 0.5) is 26.0 Å². The molecule has 5 nitrogen and oxygen atoms in total. The van der Waals surface area contributed by atoms with Gasteiger partial charge < -0.3 is 10.6 Å². The zero-order valence-electron chi connectivity index (χ0n) is 12.9. The first-order valence-electron chi connectivity index (χ1n) is 7.24. The summed E-state index contributed by atoms with van der Waals surface area (Å²) in [5, 5.41) is 5.55. The number of hydrogen-bond donors (Lipinski definition) is 2. The molecule has 0 radical (unpaired) electrons. The maximum Gasteiger partial charge on any atom is 0.275 e. The molecule has 26 heavy (non-hydrogen) atoms. The summed E-state index contributed by atoms with van der Waals surface area (Å²) in [6.07, 6.45) is 2.33. The lowest BCUT2D eigenvalue weighted by Gasteiger charge is -2.10. The molecule has 0 atom stereocenters. The summed E-state index contributed by atoms with van der Waals surface area (Å²) in [7, 11) is 0. The minimum absolute atomic E-state index is 0.0273. The summed E-state index contributed by atoms with van der Waals surface area (Å²) in [4.78, 5) is 20.1. The molecule has 0 aliphatic carbocycles. The minimum Gasteiger partial charge on any atom is -0.334 e. The molecule has 0 spiro atoms. The quantitative estimate of drug-likeness (QED) is 0.648. The van der Waals surface area contributed by atoms with Gasteiger partial charge in [-0.15, -0.1) is 0 Å². The van der Waals surface area contributed by atoms with Crippen LogP contribution in [0, 0.1) is 11.6 Å². The molecule has 1 aromatic heterocycles. The fraction of sp³-hybridized carbons (Fsp3) is 0. The van der Waals surface area contributed by atoms with Crippen molar-refractivity contribution in [3.63, 3.8) is 0 Å². The van der Waals surface area contributed by atoms with Gasteiger partial charge in [0.15, 0.2) is 0 Å². The zero-order chi connectivity index (χ0) is 18.7. The van der Waals surface area contributed by atoms with Gasteiger partial charge in [0.1, 0.15) is 28.8 Å². The highest BCUT2D eigenvalue weighted by atomic mass is 35.5. The second kappa shape index (κ2) is 7.63. The predicted octanol–water partition coefficient (Wildman–Crippen LogP) is 5.06. The van der Waals surface area contributed by atoms with Gasteiger partial charge in [-0.2, -0.15) is 0 Å². The number of anilines is 3. The monoisotopic (exact) mass is 394 g/mol.